The first kappa shape index (κ1) is 17.4. The molecule has 0 aromatic heterocycles. The van der Waals surface area contributed by atoms with Gasteiger partial charge in [-0.15, -0.1) is 12.4 Å². The Morgan fingerprint density at radius 3 is 2.52 bits per heavy atom. The summed E-state index contributed by atoms with van der Waals surface area (Å²) in [5.74, 6) is 0.0862. The zero-order valence-corrected chi connectivity index (χ0v) is 14.0. The van der Waals surface area contributed by atoms with Crippen LogP contribution in [0.1, 0.15) is 47.6 Å². The summed E-state index contributed by atoms with van der Waals surface area (Å²) in [6, 6.07) is 17.8. The van der Waals surface area contributed by atoms with E-state index < -0.39 is 0 Å². The van der Waals surface area contributed by atoms with Gasteiger partial charge in [0.1, 0.15) is 0 Å². The summed E-state index contributed by atoms with van der Waals surface area (Å²) in [7, 11) is 0. The van der Waals surface area contributed by atoms with Crippen molar-refractivity contribution in [2.75, 3.05) is 12.3 Å². The number of anilines is 1. The van der Waals surface area contributed by atoms with Crippen LogP contribution in [-0.4, -0.2) is 17.4 Å². The highest BCUT2D eigenvalue weighted by atomic mass is 35.5. The van der Waals surface area contributed by atoms with Crippen LogP contribution < -0.4 is 5.73 Å². The highest BCUT2D eigenvalue weighted by molar-refractivity contribution is 5.95. The standard InChI is InChI=1S/C19H22N2O.ClH/c20-17-11-7-10-16(14-17)19(22)21-13-6-2-5-12-18(21)15-8-3-1-4-9-15;/h1,3-4,7-11,14,18H,2,5-6,12-13,20H2;1H. The van der Waals surface area contributed by atoms with Crippen molar-refractivity contribution < 1.29 is 4.79 Å². The number of carbonyl (C=O) groups excluding carboxylic acids is 1. The fraction of sp³-hybridized carbons (Fsp3) is 0.316. The highest BCUT2D eigenvalue weighted by Crippen LogP contribution is 2.31. The minimum Gasteiger partial charge on any atom is -0.399 e. The zero-order chi connectivity index (χ0) is 15.4. The number of halogens is 1. The van der Waals surface area contributed by atoms with Crippen molar-refractivity contribution in [1.29, 1.82) is 0 Å². The van der Waals surface area contributed by atoms with E-state index in [2.05, 4.69) is 12.1 Å². The molecule has 2 N–H and O–H groups in total. The third-order valence-corrected chi connectivity index (χ3v) is 4.33. The van der Waals surface area contributed by atoms with E-state index in [-0.39, 0.29) is 24.4 Å². The van der Waals surface area contributed by atoms with E-state index in [1.807, 2.05) is 41.3 Å². The van der Waals surface area contributed by atoms with Crippen LogP contribution in [-0.2, 0) is 0 Å². The first-order chi connectivity index (χ1) is 10.8. The molecule has 3 nitrogen and oxygen atoms in total. The second-order valence-electron chi connectivity index (χ2n) is 5.90. The Morgan fingerprint density at radius 2 is 1.78 bits per heavy atom. The molecule has 0 bridgehead atoms. The molecule has 1 amide bonds. The topological polar surface area (TPSA) is 46.3 Å². The summed E-state index contributed by atoms with van der Waals surface area (Å²) < 4.78 is 0. The average molecular weight is 331 g/mol. The van der Waals surface area contributed by atoms with E-state index in [1.54, 1.807) is 6.07 Å². The van der Waals surface area contributed by atoms with Gasteiger partial charge in [0.05, 0.1) is 6.04 Å². The Bertz CT molecular complexity index is 645. The monoisotopic (exact) mass is 330 g/mol. The minimum atomic E-state index is 0. The third kappa shape index (κ3) is 4.05. The number of amides is 1. The van der Waals surface area contributed by atoms with Crippen molar-refractivity contribution >= 4 is 24.0 Å². The normalized spacial score (nSPS) is 17.9. The molecule has 1 atom stereocenters. The summed E-state index contributed by atoms with van der Waals surface area (Å²) in [5, 5.41) is 0. The minimum absolute atomic E-state index is 0. The Kier molecular flexibility index (Phi) is 6.05. The maximum absolute atomic E-state index is 13.0. The van der Waals surface area contributed by atoms with E-state index in [0.717, 1.165) is 19.4 Å². The molecule has 122 valence electrons. The van der Waals surface area contributed by atoms with Crippen molar-refractivity contribution in [2.45, 2.75) is 31.7 Å². The fourth-order valence-corrected chi connectivity index (χ4v) is 3.21. The zero-order valence-electron chi connectivity index (χ0n) is 13.2. The molecule has 23 heavy (non-hydrogen) atoms. The second kappa shape index (κ2) is 8.02. The Hall–Kier alpha value is -2.00. The van der Waals surface area contributed by atoms with Gasteiger partial charge in [0.15, 0.2) is 0 Å². The van der Waals surface area contributed by atoms with Gasteiger partial charge in [-0.05, 0) is 36.6 Å². The number of nitrogens with two attached hydrogens (primary N) is 1. The van der Waals surface area contributed by atoms with Gasteiger partial charge in [-0.3, -0.25) is 4.79 Å². The molecular formula is C19H23ClN2O. The van der Waals surface area contributed by atoms with E-state index in [1.165, 1.54) is 18.4 Å². The van der Waals surface area contributed by atoms with E-state index >= 15 is 0 Å². The Morgan fingerprint density at radius 1 is 1.00 bits per heavy atom. The average Bonchev–Trinajstić information content (AvgIpc) is 2.81. The van der Waals surface area contributed by atoms with Gasteiger partial charge in [0, 0.05) is 17.8 Å². The van der Waals surface area contributed by atoms with Crippen molar-refractivity contribution in [3.05, 3.63) is 65.7 Å². The molecule has 0 aliphatic carbocycles. The number of nitrogen functional groups attached to an aromatic ring is 1. The first-order valence-electron chi connectivity index (χ1n) is 7.97. The first-order valence-corrected chi connectivity index (χ1v) is 7.97. The van der Waals surface area contributed by atoms with Crippen LogP contribution in [0.15, 0.2) is 54.6 Å². The van der Waals surface area contributed by atoms with Gasteiger partial charge in [-0.1, -0.05) is 49.2 Å². The van der Waals surface area contributed by atoms with Crippen LogP contribution in [0.2, 0.25) is 0 Å². The van der Waals surface area contributed by atoms with Gasteiger partial charge in [-0.25, -0.2) is 0 Å². The Balaban J connectivity index is 0.00000192. The summed E-state index contributed by atoms with van der Waals surface area (Å²) in [6.45, 7) is 0.813. The lowest BCUT2D eigenvalue weighted by Crippen LogP contribution is -2.34. The van der Waals surface area contributed by atoms with Crippen LogP contribution in [0.25, 0.3) is 0 Å². The predicted molar refractivity (Wildman–Crippen MR) is 96.8 cm³/mol. The van der Waals surface area contributed by atoms with Crippen LogP contribution >= 0.6 is 12.4 Å². The third-order valence-electron chi connectivity index (χ3n) is 4.33. The van der Waals surface area contributed by atoms with Gasteiger partial charge in [-0.2, -0.15) is 0 Å². The molecule has 0 saturated carbocycles. The van der Waals surface area contributed by atoms with Gasteiger partial charge < -0.3 is 10.6 Å². The smallest absolute Gasteiger partial charge is 0.254 e. The maximum Gasteiger partial charge on any atom is 0.254 e. The summed E-state index contributed by atoms with van der Waals surface area (Å²) in [5.41, 5.74) is 8.37. The van der Waals surface area contributed by atoms with Crippen molar-refractivity contribution in [3.63, 3.8) is 0 Å². The lowest BCUT2D eigenvalue weighted by molar-refractivity contribution is 0.0681. The van der Waals surface area contributed by atoms with Crippen LogP contribution in [0.3, 0.4) is 0 Å². The molecule has 1 aliphatic rings. The van der Waals surface area contributed by atoms with Crippen LogP contribution in [0.4, 0.5) is 5.69 Å². The highest BCUT2D eigenvalue weighted by Gasteiger charge is 2.27. The number of likely N-dealkylation sites (tertiary alicyclic amines) is 1. The second-order valence-corrected chi connectivity index (χ2v) is 5.90. The number of benzene rings is 2. The van der Waals surface area contributed by atoms with Crippen molar-refractivity contribution in [3.8, 4) is 0 Å². The lowest BCUT2D eigenvalue weighted by atomic mass is 10.00. The lowest BCUT2D eigenvalue weighted by Gasteiger charge is -2.30. The van der Waals surface area contributed by atoms with Gasteiger partial charge in [0.2, 0.25) is 0 Å². The molecule has 1 aliphatic heterocycles. The molecule has 2 aromatic carbocycles. The maximum atomic E-state index is 13.0. The van der Waals surface area contributed by atoms with Gasteiger partial charge in [0.25, 0.3) is 5.91 Å². The largest absolute Gasteiger partial charge is 0.399 e. The molecule has 3 rings (SSSR count). The molecule has 1 saturated heterocycles. The molecular weight excluding hydrogens is 308 g/mol. The van der Waals surface area contributed by atoms with E-state index in [4.69, 9.17) is 5.73 Å². The van der Waals surface area contributed by atoms with Crippen LogP contribution in [0, 0.1) is 0 Å². The molecule has 1 fully saturated rings. The molecule has 1 heterocycles. The SMILES string of the molecule is Cl.Nc1cccc(C(=O)N2CCCCCC2c2ccccc2)c1. The molecule has 0 spiro atoms. The molecule has 4 heteroatoms. The molecule has 1 unspecified atom stereocenters. The van der Waals surface area contributed by atoms with Crippen molar-refractivity contribution in [1.82, 2.24) is 4.90 Å². The number of rotatable bonds is 2. The van der Waals surface area contributed by atoms with E-state index in [0.29, 0.717) is 11.3 Å². The number of carbonyl (C=O) groups is 1. The fourth-order valence-electron chi connectivity index (χ4n) is 3.21. The number of nitrogens with zero attached hydrogens (tertiary/aromatic N) is 1. The molecule has 0 radical (unpaired) electrons. The number of hydrogen-bond acceptors (Lipinski definition) is 2. The summed E-state index contributed by atoms with van der Waals surface area (Å²) >= 11 is 0. The van der Waals surface area contributed by atoms with E-state index in [9.17, 15) is 4.79 Å². The van der Waals surface area contributed by atoms with Gasteiger partial charge >= 0.3 is 0 Å². The molecule has 2 aromatic rings. The summed E-state index contributed by atoms with van der Waals surface area (Å²) in [4.78, 5) is 15.0. The Labute approximate surface area is 143 Å². The number of hydrogen-bond donors (Lipinski definition) is 1. The van der Waals surface area contributed by atoms with Crippen LogP contribution in [0.5, 0.6) is 0 Å². The van der Waals surface area contributed by atoms with Crippen molar-refractivity contribution in [2.24, 2.45) is 0 Å². The quantitative estimate of drug-likeness (QED) is 0.827. The predicted octanol–water partition coefficient (Wildman–Crippen LogP) is 4.45. The summed E-state index contributed by atoms with van der Waals surface area (Å²) in [6.07, 6.45) is 4.44.